The first-order valence-electron chi connectivity index (χ1n) is 13.0. The van der Waals surface area contributed by atoms with E-state index in [1.54, 1.807) is 24.3 Å². The summed E-state index contributed by atoms with van der Waals surface area (Å²) < 4.78 is 89.1. The molecule has 0 aliphatic carbocycles. The summed E-state index contributed by atoms with van der Waals surface area (Å²) >= 11 is 3.29. The predicted octanol–water partition coefficient (Wildman–Crippen LogP) is 5.19. The second-order valence-electron chi connectivity index (χ2n) is 9.68. The number of ether oxygens (including phenoxy) is 1. The summed E-state index contributed by atoms with van der Waals surface area (Å²) in [7, 11) is -4.40. The van der Waals surface area contributed by atoms with Gasteiger partial charge >= 0.3 is 12.1 Å². The number of halogens is 5. The Morgan fingerprint density at radius 2 is 1.65 bits per heavy atom. The molecule has 0 radical (unpaired) electrons. The SMILES string of the molecule is O=C(CN(C(=O)C(F)(F)F)c1ccc(S(=O)(=O)Nc2cc(F)ccc2Oc2ccc(Br)cc2)cc1)NCC1CCNCC1. The van der Waals surface area contributed by atoms with E-state index in [1.807, 2.05) is 0 Å². The average molecular weight is 688 g/mol. The van der Waals surface area contributed by atoms with Crippen molar-refractivity contribution in [2.75, 3.05) is 35.8 Å². The number of sulfonamides is 1. The summed E-state index contributed by atoms with van der Waals surface area (Å²) in [6.07, 6.45) is -3.70. The monoisotopic (exact) mass is 686 g/mol. The third-order valence-corrected chi connectivity index (χ3v) is 8.43. The Balaban J connectivity index is 1.51. The molecule has 1 saturated heterocycles. The Hall–Kier alpha value is -3.69. The van der Waals surface area contributed by atoms with Gasteiger partial charge in [-0.3, -0.25) is 19.2 Å². The van der Waals surface area contributed by atoms with Crippen molar-refractivity contribution >= 4 is 49.1 Å². The van der Waals surface area contributed by atoms with E-state index in [0.29, 0.717) is 5.75 Å². The molecule has 0 unspecified atom stereocenters. The Morgan fingerprint density at radius 3 is 2.28 bits per heavy atom. The second-order valence-corrected chi connectivity index (χ2v) is 12.3. The van der Waals surface area contributed by atoms with Crippen molar-refractivity contribution in [1.29, 1.82) is 0 Å². The number of alkyl halides is 3. The average Bonchev–Trinajstić information content (AvgIpc) is 2.97. The van der Waals surface area contributed by atoms with Crippen LogP contribution in [0.4, 0.5) is 28.9 Å². The van der Waals surface area contributed by atoms with Crippen molar-refractivity contribution in [3.05, 3.63) is 77.0 Å². The van der Waals surface area contributed by atoms with E-state index in [4.69, 9.17) is 4.74 Å². The number of nitrogens with one attached hydrogen (secondary N) is 3. The van der Waals surface area contributed by atoms with Crippen LogP contribution in [0, 0.1) is 11.7 Å². The number of nitrogens with zero attached hydrogens (tertiary/aromatic N) is 1. The van der Waals surface area contributed by atoms with Gasteiger partial charge in [0.05, 0.1) is 10.6 Å². The zero-order chi connectivity index (χ0) is 31.2. The van der Waals surface area contributed by atoms with E-state index < -0.39 is 45.3 Å². The molecule has 0 aromatic heterocycles. The summed E-state index contributed by atoms with van der Waals surface area (Å²) in [4.78, 5) is 24.5. The van der Waals surface area contributed by atoms with Gasteiger partial charge in [0, 0.05) is 22.8 Å². The summed E-state index contributed by atoms with van der Waals surface area (Å²) in [5, 5.41) is 5.74. The van der Waals surface area contributed by atoms with Crippen molar-refractivity contribution < 1.29 is 40.3 Å². The number of carbonyl (C=O) groups is 2. The number of anilines is 2. The number of hydrogen-bond acceptors (Lipinski definition) is 6. The van der Waals surface area contributed by atoms with Gasteiger partial charge in [-0.25, -0.2) is 12.8 Å². The first kappa shape index (κ1) is 32.2. The first-order valence-corrected chi connectivity index (χ1v) is 15.3. The first-order chi connectivity index (χ1) is 20.3. The summed E-state index contributed by atoms with van der Waals surface area (Å²) in [5.74, 6) is -3.34. The molecule has 0 bridgehead atoms. The molecule has 0 spiro atoms. The molecule has 3 N–H and O–H groups in total. The van der Waals surface area contributed by atoms with Crippen LogP contribution in [0.2, 0.25) is 0 Å². The standard InChI is InChI=1S/C28H27BrF4N4O5S/c29-19-1-6-22(7-2-19)42-25-10-3-20(30)15-24(25)36-43(40,41)23-8-4-21(5-9-23)37(27(39)28(31,32)33)17-26(38)35-16-18-11-13-34-14-12-18/h1-10,15,18,34,36H,11-14,16-17H2,(H,35,38). The van der Waals surface area contributed by atoms with Crippen LogP contribution in [0.25, 0.3) is 0 Å². The lowest BCUT2D eigenvalue weighted by molar-refractivity contribution is -0.170. The Bertz CT molecular complexity index is 1550. The molecule has 15 heteroatoms. The van der Waals surface area contributed by atoms with Gasteiger partial charge in [0.2, 0.25) is 5.91 Å². The molecule has 43 heavy (non-hydrogen) atoms. The van der Waals surface area contributed by atoms with Crippen molar-refractivity contribution in [3.63, 3.8) is 0 Å². The van der Waals surface area contributed by atoms with E-state index in [1.165, 1.54) is 6.07 Å². The van der Waals surface area contributed by atoms with Gasteiger partial charge in [0.25, 0.3) is 10.0 Å². The lowest BCUT2D eigenvalue weighted by Gasteiger charge is -2.25. The van der Waals surface area contributed by atoms with Crippen LogP contribution in [0.5, 0.6) is 11.5 Å². The Morgan fingerprint density at radius 1 is 1.00 bits per heavy atom. The molecular formula is C28H27BrF4N4O5S. The molecule has 1 aliphatic rings. The van der Waals surface area contributed by atoms with E-state index in [-0.39, 0.29) is 34.5 Å². The maximum Gasteiger partial charge on any atom is 0.471 e. The van der Waals surface area contributed by atoms with Gasteiger partial charge < -0.3 is 15.4 Å². The topological polar surface area (TPSA) is 117 Å². The third kappa shape index (κ3) is 8.91. The minimum Gasteiger partial charge on any atom is -0.455 e. The second kappa shape index (κ2) is 13.7. The van der Waals surface area contributed by atoms with E-state index in [0.717, 1.165) is 66.8 Å². The van der Waals surface area contributed by atoms with Crippen LogP contribution in [-0.4, -0.2) is 52.6 Å². The zero-order valence-electron chi connectivity index (χ0n) is 22.5. The Kier molecular flexibility index (Phi) is 10.3. The molecule has 3 aromatic rings. The lowest BCUT2D eigenvalue weighted by Crippen LogP contribution is -2.47. The molecule has 1 heterocycles. The highest BCUT2D eigenvalue weighted by molar-refractivity contribution is 9.10. The van der Waals surface area contributed by atoms with Crippen molar-refractivity contribution in [2.24, 2.45) is 5.92 Å². The quantitative estimate of drug-likeness (QED) is 0.253. The number of piperidine rings is 1. The number of amides is 2. The Labute approximate surface area is 253 Å². The van der Waals surface area contributed by atoms with Crippen LogP contribution >= 0.6 is 15.9 Å². The normalized spacial score (nSPS) is 14.2. The fourth-order valence-corrected chi connectivity index (χ4v) is 5.61. The van der Waals surface area contributed by atoms with Crippen LogP contribution in [-0.2, 0) is 19.6 Å². The van der Waals surface area contributed by atoms with Crippen LogP contribution in [0.1, 0.15) is 12.8 Å². The molecular weight excluding hydrogens is 660 g/mol. The molecule has 0 atom stereocenters. The van der Waals surface area contributed by atoms with Gasteiger partial charge in [0.15, 0.2) is 5.75 Å². The van der Waals surface area contributed by atoms with Gasteiger partial charge in [-0.1, -0.05) is 15.9 Å². The van der Waals surface area contributed by atoms with Crippen LogP contribution in [0.15, 0.2) is 76.1 Å². The smallest absolute Gasteiger partial charge is 0.455 e. The highest BCUT2D eigenvalue weighted by atomic mass is 79.9. The van der Waals surface area contributed by atoms with Crippen LogP contribution in [0.3, 0.4) is 0 Å². The molecule has 3 aromatic carbocycles. The fourth-order valence-electron chi connectivity index (χ4n) is 4.29. The molecule has 230 valence electrons. The van der Waals surface area contributed by atoms with E-state index in [2.05, 4.69) is 31.3 Å². The molecule has 2 amide bonds. The van der Waals surface area contributed by atoms with Crippen molar-refractivity contribution in [3.8, 4) is 11.5 Å². The third-order valence-electron chi connectivity index (χ3n) is 6.52. The van der Waals surface area contributed by atoms with E-state index in [9.17, 15) is 35.6 Å². The lowest BCUT2D eigenvalue weighted by atomic mass is 9.98. The maximum absolute atomic E-state index is 14.0. The minimum absolute atomic E-state index is 0.0126. The highest BCUT2D eigenvalue weighted by Gasteiger charge is 2.43. The van der Waals surface area contributed by atoms with Crippen molar-refractivity contribution in [1.82, 2.24) is 10.6 Å². The number of hydrogen-bond donors (Lipinski definition) is 3. The summed E-state index contributed by atoms with van der Waals surface area (Å²) in [5.41, 5.74) is -0.574. The van der Waals surface area contributed by atoms with Gasteiger partial charge in [-0.15, -0.1) is 0 Å². The fraction of sp³-hybridized carbons (Fsp3) is 0.286. The molecule has 4 rings (SSSR count). The molecule has 1 aliphatic heterocycles. The maximum atomic E-state index is 14.0. The largest absolute Gasteiger partial charge is 0.471 e. The highest BCUT2D eigenvalue weighted by Crippen LogP contribution is 2.33. The number of benzene rings is 3. The van der Waals surface area contributed by atoms with Crippen LogP contribution < -0.4 is 25.0 Å². The van der Waals surface area contributed by atoms with Gasteiger partial charge in [-0.05, 0) is 92.5 Å². The van der Waals surface area contributed by atoms with Crippen molar-refractivity contribution in [2.45, 2.75) is 23.9 Å². The molecule has 9 nitrogen and oxygen atoms in total. The zero-order valence-corrected chi connectivity index (χ0v) is 24.9. The minimum atomic E-state index is -5.29. The number of rotatable bonds is 10. The summed E-state index contributed by atoms with van der Waals surface area (Å²) in [6, 6.07) is 13.7. The van der Waals surface area contributed by atoms with Gasteiger partial charge in [-0.2, -0.15) is 13.2 Å². The molecule has 1 fully saturated rings. The summed E-state index contributed by atoms with van der Waals surface area (Å²) in [6.45, 7) is 0.864. The molecule has 0 saturated carbocycles. The predicted molar refractivity (Wildman–Crippen MR) is 155 cm³/mol. The number of carbonyl (C=O) groups excluding carboxylic acids is 2. The van der Waals surface area contributed by atoms with Gasteiger partial charge in [0.1, 0.15) is 18.1 Å². The van der Waals surface area contributed by atoms with E-state index >= 15 is 0 Å².